The highest BCUT2D eigenvalue weighted by molar-refractivity contribution is 7.89. The van der Waals surface area contributed by atoms with Crippen LogP contribution in [0.5, 0.6) is 0 Å². The Hall–Kier alpha value is -1.40. The Kier molecular flexibility index (Phi) is 4.37. The predicted octanol–water partition coefficient (Wildman–Crippen LogP) is 2.33. The Labute approximate surface area is 132 Å². The van der Waals surface area contributed by atoms with Gasteiger partial charge in [0.2, 0.25) is 10.0 Å². The Morgan fingerprint density at radius 3 is 2.14 bits per heavy atom. The van der Waals surface area contributed by atoms with Crippen molar-refractivity contribution in [3.63, 3.8) is 0 Å². The van der Waals surface area contributed by atoms with Crippen molar-refractivity contribution in [2.24, 2.45) is 11.8 Å². The molecular formula is C16H23NO4S. The van der Waals surface area contributed by atoms with E-state index in [4.69, 9.17) is 5.11 Å². The molecule has 1 fully saturated rings. The number of carboxylic acids is 1. The van der Waals surface area contributed by atoms with Crippen LogP contribution in [0, 0.1) is 11.8 Å². The molecule has 0 unspecified atom stereocenters. The standard InChI is InChI=1S/C16H23NO4S/c1-11-9-17(10-14(11)15(18)19)22(20,21)13-7-5-12(6-8-13)16(2,3)4/h5-8,11,14H,9-10H2,1-4H3,(H,18,19)/t11-,14-/m1/s1. The second-order valence-corrected chi connectivity index (χ2v) is 8.96. The number of nitrogens with zero attached hydrogens (tertiary/aromatic N) is 1. The number of rotatable bonds is 3. The number of carboxylic acid groups (broad SMARTS) is 1. The Balaban J connectivity index is 2.26. The molecule has 1 aromatic carbocycles. The fourth-order valence-corrected chi connectivity index (χ4v) is 4.28. The average Bonchev–Trinajstić information content (AvgIpc) is 2.81. The van der Waals surface area contributed by atoms with Gasteiger partial charge in [0.15, 0.2) is 0 Å². The first-order chi connectivity index (χ1) is 10.0. The molecule has 0 bridgehead atoms. The number of hydrogen-bond donors (Lipinski definition) is 1. The molecule has 1 N–H and O–H groups in total. The molecule has 1 heterocycles. The highest BCUT2D eigenvalue weighted by Gasteiger charge is 2.40. The second kappa shape index (κ2) is 5.66. The van der Waals surface area contributed by atoms with Gasteiger partial charge in [0.1, 0.15) is 0 Å². The number of sulfonamides is 1. The van der Waals surface area contributed by atoms with Crippen LogP contribution in [-0.2, 0) is 20.2 Å². The van der Waals surface area contributed by atoms with Crippen LogP contribution >= 0.6 is 0 Å². The zero-order valence-corrected chi connectivity index (χ0v) is 14.2. The van der Waals surface area contributed by atoms with E-state index in [2.05, 4.69) is 20.8 Å². The van der Waals surface area contributed by atoms with Gasteiger partial charge in [-0.25, -0.2) is 8.42 Å². The third-order valence-corrected chi connectivity index (χ3v) is 6.10. The van der Waals surface area contributed by atoms with Crippen LogP contribution in [0.15, 0.2) is 29.2 Å². The predicted molar refractivity (Wildman–Crippen MR) is 84.2 cm³/mol. The SMILES string of the molecule is C[C@@H]1CN(S(=O)(=O)c2ccc(C(C)(C)C)cc2)C[C@H]1C(=O)O. The van der Waals surface area contributed by atoms with Gasteiger partial charge >= 0.3 is 5.97 Å². The van der Waals surface area contributed by atoms with Gasteiger partial charge in [-0.3, -0.25) is 4.79 Å². The van der Waals surface area contributed by atoms with Crippen molar-refractivity contribution in [3.8, 4) is 0 Å². The van der Waals surface area contributed by atoms with Crippen LogP contribution in [-0.4, -0.2) is 36.9 Å². The van der Waals surface area contributed by atoms with E-state index < -0.39 is 21.9 Å². The topological polar surface area (TPSA) is 74.7 Å². The lowest BCUT2D eigenvalue weighted by Crippen LogP contribution is -2.30. The Morgan fingerprint density at radius 1 is 1.18 bits per heavy atom. The summed E-state index contributed by atoms with van der Waals surface area (Å²) in [7, 11) is -3.63. The summed E-state index contributed by atoms with van der Waals surface area (Å²) < 4.78 is 26.6. The summed E-state index contributed by atoms with van der Waals surface area (Å²) in [6.07, 6.45) is 0. The minimum Gasteiger partial charge on any atom is -0.481 e. The highest BCUT2D eigenvalue weighted by Crippen LogP contribution is 2.30. The molecule has 2 rings (SSSR count). The molecule has 0 amide bonds. The van der Waals surface area contributed by atoms with Crippen LogP contribution in [0.3, 0.4) is 0 Å². The Morgan fingerprint density at radius 2 is 1.73 bits per heavy atom. The van der Waals surface area contributed by atoms with E-state index in [1.807, 2.05) is 12.1 Å². The van der Waals surface area contributed by atoms with Crippen molar-refractivity contribution in [1.29, 1.82) is 0 Å². The van der Waals surface area contributed by atoms with Gasteiger partial charge in [0.05, 0.1) is 10.8 Å². The van der Waals surface area contributed by atoms with Gasteiger partial charge in [-0.15, -0.1) is 0 Å². The maximum Gasteiger partial charge on any atom is 0.308 e. The maximum absolute atomic E-state index is 12.6. The summed E-state index contributed by atoms with van der Waals surface area (Å²) in [5.41, 5.74) is 1.02. The first-order valence-electron chi connectivity index (χ1n) is 7.37. The summed E-state index contributed by atoms with van der Waals surface area (Å²) >= 11 is 0. The molecule has 5 nitrogen and oxygen atoms in total. The second-order valence-electron chi connectivity index (χ2n) is 7.02. The third-order valence-electron chi connectivity index (χ3n) is 4.25. The fourth-order valence-electron chi connectivity index (χ4n) is 2.72. The van der Waals surface area contributed by atoms with E-state index in [0.29, 0.717) is 0 Å². The lowest BCUT2D eigenvalue weighted by molar-refractivity contribution is -0.142. The van der Waals surface area contributed by atoms with Crippen LogP contribution in [0.4, 0.5) is 0 Å². The molecule has 2 atom stereocenters. The molecule has 0 aromatic heterocycles. The summed E-state index contributed by atoms with van der Waals surface area (Å²) in [6, 6.07) is 6.85. The number of hydrogen-bond acceptors (Lipinski definition) is 3. The normalized spacial score (nSPS) is 23.6. The summed E-state index contributed by atoms with van der Waals surface area (Å²) in [4.78, 5) is 11.4. The Bertz CT molecular complexity index is 658. The third kappa shape index (κ3) is 3.17. The number of carbonyl (C=O) groups is 1. The van der Waals surface area contributed by atoms with Gasteiger partial charge < -0.3 is 5.11 Å². The van der Waals surface area contributed by atoms with E-state index in [1.165, 1.54) is 4.31 Å². The van der Waals surface area contributed by atoms with Gasteiger partial charge in [-0.2, -0.15) is 4.31 Å². The van der Waals surface area contributed by atoms with Crippen molar-refractivity contribution < 1.29 is 18.3 Å². The van der Waals surface area contributed by atoms with Crippen molar-refractivity contribution in [3.05, 3.63) is 29.8 Å². The van der Waals surface area contributed by atoms with Crippen molar-refractivity contribution in [2.45, 2.75) is 38.0 Å². The van der Waals surface area contributed by atoms with E-state index in [1.54, 1.807) is 19.1 Å². The molecule has 0 radical (unpaired) electrons. The van der Waals surface area contributed by atoms with Gasteiger partial charge in [-0.05, 0) is 29.0 Å². The molecular weight excluding hydrogens is 302 g/mol. The fraction of sp³-hybridized carbons (Fsp3) is 0.562. The van der Waals surface area contributed by atoms with Gasteiger partial charge in [-0.1, -0.05) is 39.8 Å². The monoisotopic (exact) mass is 325 g/mol. The highest BCUT2D eigenvalue weighted by atomic mass is 32.2. The molecule has 0 spiro atoms. The number of aliphatic carboxylic acids is 1. The lowest BCUT2D eigenvalue weighted by Gasteiger charge is -2.20. The zero-order valence-electron chi connectivity index (χ0n) is 13.4. The van der Waals surface area contributed by atoms with Crippen molar-refractivity contribution in [2.75, 3.05) is 13.1 Å². The molecule has 22 heavy (non-hydrogen) atoms. The molecule has 6 heteroatoms. The average molecular weight is 325 g/mol. The molecule has 0 saturated carbocycles. The van der Waals surface area contributed by atoms with Crippen molar-refractivity contribution in [1.82, 2.24) is 4.31 Å². The molecule has 0 aliphatic carbocycles. The van der Waals surface area contributed by atoms with Crippen LogP contribution in [0.25, 0.3) is 0 Å². The van der Waals surface area contributed by atoms with E-state index in [9.17, 15) is 13.2 Å². The first-order valence-corrected chi connectivity index (χ1v) is 8.81. The smallest absolute Gasteiger partial charge is 0.308 e. The molecule has 122 valence electrons. The largest absolute Gasteiger partial charge is 0.481 e. The molecule has 1 saturated heterocycles. The molecule has 1 aliphatic rings. The van der Waals surface area contributed by atoms with E-state index >= 15 is 0 Å². The van der Waals surface area contributed by atoms with Crippen LogP contribution in [0.2, 0.25) is 0 Å². The number of benzene rings is 1. The maximum atomic E-state index is 12.6. The first kappa shape index (κ1) is 17.0. The minimum atomic E-state index is -3.63. The summed E-state index contributed by atoms with van der Waals surface area (Å²) in [5.74, 6) is -1.75. The summed E-state index contributed by atoms with van der Waals surface area (Å²) in [6.45, 7) is 8.26. The van der Waals surface area contributed by atoms with Crippen LogP contribution in [0.1, 0.15) is 33.3 Å². The minimum absolute atomic E-state index is 0.0415. The molecule has 1 aromatic rings. The molecule has 1 aliphatic heterocycles. The zero-order chi connectivity index (χ0) is 16.7. The summed E-state index contributed by atoms with van der Waals surface area (Å²) in [5, 5.41) is 9.14. The lowest BCUT2D eigenvalue weighted by atomic mass is 9.87. The van der Waals surface area contributed by atoms with Crippen LogP contribution < -0.4 is 0 Å². The van der Waals surface area contributed by atoms with E-state index in [0.717, 1.165) is 5.56 Å². The van der Waals surface area contributed by atoms with Gasteiger partial charge in [0.25, 0.3) is 0 Å². The van der Waals surface area contributed by atoms with Gasteiger partial charge in [0, 0.05) is 13.1 Å². The van der Waals surface area contributed by atoms with E-state index in [-0.39, 0.29) is 29.3 Å². The van der Waals surface area contributed by atoms with Crippen molar-refractivity contribution >= 4 is 16.0 Å². The quantitative estimate of drug-likeness (QED) is 0.925.